The van der Waals surface area contributed by atoms with Crippen molar-refractivity contribution < 1.29 is 35.7 Å². The van der Waals surface area contributed by atoms with Gasteiger partial charge in [0.1, 0.15) is 0 Å². The molecule has 0 amide bonds. The highest BCUT2D eigenvalue weighted by atomic mass is 19.4. The second-order valence-electron chi connectivity index (χ2n) is 2.52. The minimum absolute atomic E-state index is 0.820. The van der Waals surface area contributed by atoms with Crippen molar-refractivity contribution in [2.45, 2.75) is 18.0 Å². The van der Waals surface area contributed by atoms with Gasteiger partial charge >= 0.3 is 18.0 Å². The van der Waals surface area contributed by atoms with E-state index in [4.69, 9.17) is 0 Å². The van der Waals surface area contributed by atoms with Crippen LogP contribution in [0.15, 0.2) is 11.9 Å². The van der Waals surface area contributed by atoms with Gasteiger partial charge in [-0.25, -0.2) is 0 Å². The number of allylic oxidation sites excluding steroid dienone is 1. The van der Waals surface area contributed by atoms with Crippen molar-refractivity contribution in [2.75, 3.05) is 0 Å². The minimum Gasteiger partial charge on any atom is -0.392 e. The molecule has 0 aromatic heterocycles. The van der Waals surface area contributed by atoms with Crippen molar-refractivity contribution in [1.82, 2.24) is 0 Å². The summed E-state index contributed by atoms with van der Waals surface area (Å²) in [5, 5.41) is 9.62. The van der Waals surface area contributed by atoms with Gasteiger partial charge in [0, 0.05) is 0 Å². The van der Waals surface area contributed by atoms with E-state index in [9.17, 15) is 40.8 Å². The first-order chi connectivity index (χ1) is 6.84. The lowest BCUT2D eigenvalue weighted by atomic mass is 10.1. The van der Waals surface area contributed by atoms with Crippen molar-refractivity contribution in [3.05, 3.63) is 22.0 Å². The Morgan fingerprint density at radius 1 is 1.12 bits per heavy atom. The largest absolute Gasteiger partial charge is 0.460 e. The number of hydrogen-bond donors (Lipinski definition) is 1. The monoisotopic (exact) mass is 256 g/mol. The van der Waals surface area contributed by atoms with Gasteiger partial charge in [-0.15, -0.1) is 0 Å². The van der Waals surface area contributed by atoms with Gasteiger partial charge in [-0.3, -0.25) is 10.1 Å². The summed E-state index contributed by atoms with van der Waals surface area (Å²) in [4.78, 5) is 7.95. The molecule has 0 fully saturated rings. The highest BCUT2D eigenvalue weighted by Gasteiger charge is 2.74. The SMILES string of the molecule is N/C(=C\[N+](=O)[O-])C(F)(F)C(F)(F)C(F)(F)F. The summed E-state index contributed by atoms with van der Waals surface area (Å²) in [5.41, 5.74) is 1.64. The number of nitrogens with zero attached hydrogens (tertiary/aromatic N) is 1. The van der Waals surface area contributed by atoms with Crippen molar-refractivity contribution >= 4 is 0 Å². The fraction of sp³-hybridized carbons (Fsp3) is 0.600. The van der Waals surface area contributed by atoms with E-state index in [0.717, 1.165) is 0 Å². The standard InChI is InChI=1S/C5H3F7N2O2/c6-3(7,2(13)1-14(15)16)4(8,9)5(10,11)12/h1H,13H2/b2-1-. The summed E-state index contributed by atoms with van der Waals surface area (Å²) < 4.78 is 84.0. The second kappa shape index (κ2) is 3.79. The van der Waals surface area contributed by atoms with Crippen LogP contribution in [-0.4, -0.2) is 22.9 Å². The van der Waals surface area contributed by atoms with Gasteiger partial charge in [0.2, 0.25) is 0 Å². The lowest BCUT2D eigenvalue weighted by Gasteiger charge is -2.27. The van der Waals surface area contributed by atoms with E-state index >= 15 is 0 Å². The van der Waals surface area contributed by atoms with E-state index in [-0.39, 0.29) is 0 Å². The Morgan fingerprint density at radius 3 is 1.75 bits per heavy atom. The molecule has 0 heterocycles. The quantitative estimate of drug-likeness (QED) is 0.476. The number of rotatable bonds is 3. The first kappa shape index (κ1) is 14.5. The highest BCUT2D eigenvalue weighted by Crippen LogP contribution is 2.48. The molecule has 2 N–H and O–H groups in total. The van der Waals surface area contributed by atoms with Crippen LogP contribution in [0, 0.1) is 10.1 Å². The van der Waals surface area contributed by atoms with E-state index in [2.05, 4.69) is 5.73 Å². The van der Waals surface area contributed by atoms with Gasteiger partial charge in [0.25, 0.3) is 6.20 Å². The molecule has 0 aromatic carbocycles. The van der Waals surface area contributed by atoms with Crippen LogP contribution in [0.3, 0.4) is 0 Å². The topological polar surface area (TPSA) is 69.2 Å². The van der Waals surface area contributed by atoms with Gasteiger partial charge in [0.15, 0.2) is 5.70 Å². The predicted molar refractivity (Wildman–Crippen MR) is 35.2 cm³/mol. The molecule has 0 atom stereocenters. The zero-order valence-corrected chi connectivity index (χ0v) is 7.06. The fourth-order valence-corrected chi connectivity index (χ4v) is 0.554. The van der Waals surface area contributed by atoms with Gasteiger partial charge in [0.05, 0.1) is 4.92 Å². The average molecular weight is 256 g/mol. The van der Waals surface area contributed by atoms with Gasteiger partial charge in [-0.1, -0.05) is 0 Å². The molecule has 0 aliphatic heterocycles. The van der Waals surface area contributed by atoms with Gasteiger partial charge < -0.3 is 5.73 Å². The van der Waals surface area contributed by atoms with Crippen molar-refractivity contribution in [3.8, 4) is 0 Å². The molecule has 94 valence electrons. The molecular formula is C5H3F7N2O2. The molecule has 0 saturated heterocycles. The molecule has 0 unspecified atom stereocenters. The van der Waals surface area contributed by atoms with E-state index in [1.807, 2.05) is 0 Å². The summed E-state index contributed by atoms with van der Waals surface area (Å²) in [6.07, 6.45) is -7.40. The van der Waals surface area contributed by atoms with Crippen LogP contribution in [0.1, 0.15) is 0 Å². The number of alkyl halides is 7. The Balaban J connectivity index is 5.44. The number of nitrogens with two attached hydrogens (primary N) is 1. The Hall–Kier alpha value is -1.55. The molecule has 0 rings (SSSR count). The number of hydrogen-bond acceptors (Lipinski definition) is 3. The Kier molecular flexibility index (Phi) is 3.42. The van der Waals surface area contributed by atoms with E-state index in [1.54, 1.807) is 0 Å². The second-order valence-corrected chi connectivity index (χ2v) is 2.52. The van der Waals surface area contributed by atoms with Crippen molar-refractivity contribution in [2.24, 2.45) is 5.73 Å². The summed E-state index contributed by atoms with van der Waals surface area (Å²) in [6.45, 7) is 0. The molecule has 0 aromatic rings. The Bertz CT molecular complexity index is 321. The molecule has 0 spiro atoms. The summed E-state index contributed by atoms with van der Waals surface area (Å²) in [5.74, 6) is -12.4. The molecule has 0 aliphatic rings. The molecule has 16 heavy (non-hydrogen) atoms. The lowest BCUT2D eigenvalue weighted by Crippen LogP contribution is -2.54. The zero-order valence-electron chi connectivity index (χ0n) is 7.06. The first-order valence-electron chi connectivity index (χ1n) is 3.27. The molecule has 11 heteroatoms. The number of nitro groups is 1. The molecule has 4 nitrogen and oxygen atoms in total. The molecule has 0 bridgehead atoms. The van der Waals surface area contributed by atoms with E-state index in [1.165, 1.54) is 0 Å². The van der Waals surface area contributed by atoms with Crippen molar-refractivity contribution in [3.63, 3.8) is 0 Å². The summed E-state index contributed by atoms with van der Waals surface area (Å²) in [7, 11) is 0. The van der Waals surface area contributed by atoms with Gasteiger partial charge in [-0.2, -0.15) is 30.7 Å². The highest BCUT2D eigenvalue weighted by molar-refractivity contribution is 5.13. The van der Waals surface area contributed by atoms with Crippen LogP contribution in [0.2, 0.25) is 0 Å². The van der Waals surface area contributed by atoms with Crippen LogP contribution in [0.5, 0.6) is 0 Å². The molecule has 0 aliphatic carbocycles. The van der Waals surface area contributed by atoms with Gasteiger partial charge in [-0.05, 0) is 0 Å². The molecule has 0 saturated carbocycles. The van der Waals surface area contributed by atoms with Crippen LogP contribution in [0.4, 0.5) is 30.7 Å². The summed E-state index contributed by atoms with van der Waals surface area (Å²) in [6, 6.07) is 0. The minimum atomic E-state index is -6.58. The maximum atomic E-state index is 12.5. The normalized spacial score (nSPS) is 15.1. The fourth-order valence-electron chi connectivity index (χ4n) is 0.554. The third kappa shape index (κ3) is 2.33. The van der Waals surface area contributed by atoms with Crippen molar-refractivity contribution in [1.29, 1.82) is 0 Å². The van der Waals surface area contributed by atoms with Crippen LogP contribution in [-0.2, 0) is 0 Å². The smallest absolute Gasteiger partial charge is 0.392 e. The molecule has 0 radical (unpaired) electrons. The average Bonchev–Trinajstić information content (AvgIpc) is 2.00. The third-order valence-corrected chi connectivity index (χ3v) is 1.36. The lowest BCUT2D eigenvalue weighted by molar-refractivity contribution is -0.407. The first-order valence-corrected chi connectivity index (χ1v) is 3.27. The van der Waals surface area contributed by atoms with Crippen LogP contribution < -0.4 is 5.73 Å². The van der Waals surface area contributed by atoms with E-state index in [0.29, 0.717) is 0 Å². The maximum absolute atomic E-state index is 12.5. The Morgan fingerprint density at radius 2 is 1.50 bits per heavy atom. The number of halogens is 7. The summed E-state index contributed by atoms with van der Waals surface area (Å²) >= 11 is 0. The zero-order chi connectivity index (χ0) is 13.4. The van der Waals surface area contributed by atoms with Crippen LogP contribution in [0.25, 0.3) is 0 Å². The van der Waals surface area contributed by atoms with Crippen LogP contribution >= 0.6 is 0 Å². The van der Waals surface area contributed by atoms with E-state index < -0.39 is 34.8 Å². The maximum Gasteiger partial charge on any atom is 0.460 e. The predicted octanol–water partition coefficient (Wildman–Crippen LogP) is 1.90. The third-order valence-electron chi connectivity index (χ3n) is 1.36. The molecular weight excluding hydrogens is 253 g/mol. The Labute approximate surface area is 82.7 Å².